The number of sulfonamides is 1. The number of hydrogen-bond acceptors (Lipinski definition) is 4. The van der Waals surface area contributed by atoms with Crippen molar-refractivity contribution in [2.75, 3.05) is 0 Å². The van der Waals surface area contributed by atoms with Gasteiger partial charge in [-0.3, -0.25) is 0 Å². The number of carboxylic acid groups (broad SMARTS) is 1. The van der Waals surface area contributed by atoms with Gasteiger partial charge in [0.1, 0.15) is 5.75 Å². The lowest BCUT2D eigenvalue weighted by molar-refractivity contribution is -0.150. The minimum absolute atomic E-state index is 0.113. The van der Waals surface area contributed by atoms with Crippen molar-refractivity contribution in [2.24, 2.45) is 5.41 Å². The van der Waals surface area contributed by atoms with E-state index in [0.29, 0.717) is 16.1 Å². The van der Waals surface area contributed by atoms with Gasteiger partial charge in [0, 0.05) is 22.0 Å². The van der Waals surface area contributed by atoms with Crippen LogP contribution in [-0.4, -0.2) is 31.6 Å². The molecule has 0 aliphatic heterocycles. The van der Waals surface area contributed by atoms with Gasteiger partial charge in [-0.25, -0.2) is 17.9 Å². The molecule has 2 rings (SSSR count). The molecule has 0 radical (unpaired) electrons. The Hall–Kier alpha value is -2.53. The highest BCUT2D eigenvalue weighted by Gasteiger charge is 2.33. The summed E-state index contributed by atoms with van der Waals surface area (Å²) in [4.78, 5) is 11.8. The fourth-order valence-electron chi connectivity index (χ4n) is 2.84. The van der Waals surface area contributed by atoms with Gasteiger partial charge in [-0.15, -0.1) is 0 Å². The second-order valence-electron chi connectivity index (χ2n) is 8.85. The number of aryl methyl sites for hydroxylation is 1. The van der Waals surface area contributed by atoms with Gasteiger partial charge in [0.2, 0.25) is 10.0 Å². The van der Waals surface area contributed by atoms with Crippen LogP contribution in [0, 0.1) is 24.2 Å². The van der Waals surface area contributed by atoms with Gasteiger partial charge in [0.25, 0.3) is 0 Å². The highest BCUT2D eigenvalue weighted by atomic mass is 35.5. The third-order valence-corrected chi connectivity index (χ3v) is 6.33. The van der Waals surface area contributed by atoms with Gasteiger partial charge < -0.3 is 9.84 Å². The van der Waals surface area contributed by atoms with Gasteiger partial charge in [-0.2, -0.15) is 0 Å². The summed E-state index contributed by atoms with van der Waals surface area (Å²) in [5.41, 5.74) is 1.07. The number of ether oxygens (including phenoxy) is 1. The largest absolute Gasteiger partial charge is 0.478 e. The summed E-state index contributed by atoms with van der Waals surface area (Å²) < 4.78 is 33.4. The average Bonchev–Trinajstić information content (AvgIpc) is 2.64. The molecule has 0 saturated heterocycles. The fourth-order valence-corrected chi connectivity index (χ4v) is 4.29. The highest BCUT2D eigenvalue weighted by Crippen LogP contribution is 2.29. The molecule has 0 aliphatic rings. The van der Waals surface area contributed by atoms with E-state index in [0.717, 1.165) is 5.56 Å². The molecule has 2 N–H and O–H groups in total. The molecule has 0 aliphatic carbocycles. The van der Waals surface area contributed by atoms with E-state index in [4.69, 9.17) is 16.3 Å². The summed E-state index contributed by atoms with van der Waals surface area (Å²) in [7, 11) is -3.67. The van der Waals surface area contributed by atoms with Crippen LogP contribution in [0.2, 0.25) is 5.02 Å². The SMILES string of the molecule is Cc1ccc(S(=O)(=O)NC(C)C)cc1C#Cc1cc(Cl)ccc1OC(C(=O)O)C(C)(C)C. The molecule has 172 valence electrons. The van der Waals surface area contributed by atoms with Crippen molar-refractivity contribution < 1.29 is 23.1 Å². The van der Waals surface area contributed by atoms with Gasteiger partial charge >= 0.3 is 5.97 Å². The molecular formula is C24H28ClNO5S. The summed E-state index contributed by atoms with van der Waals surface area (Å²) in [5.74, 6) is 5.13. The van der Waals surface area contributed by atoms with Crippen LogP contribution in [0.15, 0.2) is 41.3 Å². The smallest absolute Gasteiger partial charge is 0.345 e. The maximum atomic E-state index is 12.5. The van der Waals surface area contributed by atoms with Crippen LogP contribution in [0.3, 0.4) is 0 Å². The van der Waals surface area contributed by atoms with Gasteiger partial charge in [-0.05, 0) is 56.7 Å². The van der Waals surface area contributed by atoms with Crippen molar-refractivity contribution >= 4 is 27.6 Å². The Labute approximate surface area is 195 Å². The Morgan fingerprint density at radius 2 is 1.72 bits per heavy atom. The Kier molecular flexibility index (Phi) is 8.00. The fraction of sp³-hybridized carbons (Fsp3) is 0.375. The van der Waals surface area contributed by atoms with E-state index in [9.17, 15) is 18.3 Å². The molecule has 0 bridgehead atoms. The van der Waals surface area contributed by atoms with Crippen LogP contribution in [0.5, 0.6) is 5.75 Å². The van der Waals surface area contributed by atoms with Crippen LogP contribution in [0.4, 0.5) is 0 Å². The Morgan fingerprint density at radius 3 is 2.28 bits per heavy atom. The van der Waals surface area contributed by atoms with E-state index in [1.807, 2.05) is 6.92 Å². The normalized spacial score (nSPS) is 12.8. The lowest BCUT2D eigenvalue weighted by Crippen LogP contribution is -2.39. The predicted molar refractivity (Wildman–Crippen MR) is 126 cm³/mol. The highest BCUT2D eigenvalue weighted by molar-refractivity contribution is 7.89. The van der Waals surface area contributed by atoms with E-state index in [1.165, 1.54) is 12.1 Å². The first kappa shape index (κ1) is 25.7. The van der Waals surface area contributed by atoms with Crippen molar-refractivity contribution in [1.29, 1.82) is 0 Å². The number of carbonyl (C=O) groups is 1. The van der Waals surface area contributed by atoms with Crippen molar-refractivity contribution in [3.63, 3.8) is 0 Å². The third kappa shape index (κ3) is 6.73. The molecule has 0 saturated carbocycles. The molecule has 0 spiro atoms. The van der Waals surface area contributed by atoms with Crippen LogP contribution in [-0.2, 0) is 14.8 Å². The molecule has 0 fully saturated rings. The molecule has 8 heteroatoms. The van der Waals surface area contributed by atoms with Gasteiger partial charge in [0.15, 0.2) is 6.10 Å². The Bertz CT molecular complexity index is 1170. The quantitative estimate of drug-likeness (QED) is 0.592. The summed E-state index contributed by atoms with van der Waals surface area (Å²) >= 11 is 6.13. The van der Waals surface area contributed by atoms with Crippen LogP contribution < -0.4 is 9.46 Å². The number of hydrogen-bond donors (Lipinski definition) is 2. The maximum Gasteiger partial charge on any atom is 0.345 e. The van der Waals surface area contributed by atoms with E-state index >= 15 is 0 Å². The molecule has 2 aromatic rings. The Morgan fingerprint density at radius 1 is 1.09 bits per heavy atom. The summed E-state index contributed by atoms with van der Waals surface area (Å²) in [6.07, 6.45) is -1.10. The van der Waals surface area contributed by atoms with Crippen LogP contribution in [0.25, 0.3) is 0 Å². The molecule has 0 heterocycles. The number of rotatable bonds is 6. The monoisotopic (exact) mass is 477 g/mol. The average molecular weight is 478 g/mol. The van der Waals surface area contributed by atoms with Crippen molar-refractivity contribution in [1.82, 2.24) is 4.72 Å². The molecule has 1 unspecified atom stereocenters. The van der Waals surface area contributed by atoms with Crippen LogP contribution >= 0.6 is 11.6 Å². The van der Waals surface area contributed by atoms with Crippen molar-refractivity contribution in [3.8, 4) is 17.6 Å². The Balaban J connectivity index is 2.50. The van der Waals surface area contributed by atoms with E-state index in [2.05, 4.69) is 16.6 Å². The number of carboxylic acids is 1. The molecule has 2 aromatic carbocycles. The van der Waals surface area contributed by atoms with Crippen LogP contribution in [0.1, 0.15) is 51.3 Å². The first-order chi connectivity index (χ1) is 14.7. The standard InChI is InChI=1S/C24H28ClNO5S/c1-15(2)26-32(29,30)20-11-7-16(3)17(14-20)8-9-18-13-19(25)10-12-21(18)31-22(23(27)28)24(4,5)6/h7,10-15,22,26H,1-6H3,(H,27,28). The second-order valence-corrected chi connectivity index (χ2v) is 11.0. The number of nitrogens with one attached hydrogen (secondary N) is 1. The minimum atomic E-state index is -3.67. The molecule has 6 nitrogen and oxygen atoms in total. The van der Waals surface area contributed by atoms with Crippen molar-refractivity contribution in [2.45, 2.75) is 58.6 Å². The minimum Gasteiger partial charge on any atom is -0.478 e. The summed E-state index contributed by atoms with van der Waals surface area (Å²) in [6.45, 7) is 10.6. The van der Waals surface area contributed by atoms with E-state index in [1.54, 1.807) is 58.9 Å². The lowest BCUT2D eigenvalue weighted by atomic mass is 9.89. The summed E-state index contributed by atoms with van der Waals surface area (Å²) in [6, 6.07) is 9.24. The molecule has 32 heavy (non-hydrogen) atoms. The topological polar surface area (TPSA) is 92.7 Å². The number of benzene rings is 2. The molecule has 0 amide bonds. The second kappa shape index (κ2) is 9.95. The molecule has 0 aromatic heterocycles. The van der Waals surface area contributed by atoms with Gasteiger partial charge in [0.05, 0.1) is 10.5 Å². The third-order valence-electron chi connectivity index (χ3n) is 4.44. The predicted octanol–water partition coefficient (Wildman–Crippen LogP) is 4.61. The number of aliphatic carboxylic acids is 1. The van der Waals surface area contributed by atoms with Crippen molar-refractivity contribution in [3.05, 3.63) is 58.1 Å². The lowest BCUT2D eigenvalue weighted by Gasteiger charge is -2.28. The zero-order valence-corrected chi connectivity index (χ0v) is 20.6. The first-order valence-electron chi connectivity index (χ1n) is 10.0. The number of halogens is 1. The zero-order valence-electron chi connectivity index (χ0n) is 19.0. The van der Waals surface area contributed by atoms with E-state index < -0.39 is 27.5 Å². The molecular weight excluding hydrogens is 450 g/mol. The maximum absolute atomic E-state index is 12.5. The first-order valence-corrected chi connectivity index (χ1v) is 11.9. The summed E-state index contributed by atoms with van der Waals surface area (Å²) in [5, 5.41) is 9.99. The van der Waals surface area contributed by atoms with E-state index in [-0.39, 0.29) is 16.7 Å². The van der Waals surface area contributed by atoms with Gasteiger partial charge in [-0.1, -0.05) is 50.3 Å². The zero-order chi connectivity index (χ0) is 24.3. The molecule has 1 atom stereocenters.